The number of halogens is 1. The summed E-state index contributed by atoms with van der Waals surface area (Å²) in [6.45, 7) is 4.15. The molecular weight excluding hydrogens is 493 g/mol. The molecule has 38 heavy (non-hydrogen) atoms. The van der Waals surface area contributed by atoms with Crippen LogP contribution in [-0.4, -0.2) is 85.8 Å². The van der Waals surface area contributed by atoms with Gasteiger partial charge in [-0.25, -0.2) is 14.1 Å². The number of nitrogens with two attached hydrogens (primary N) is 1. The number of methoxy groups -OCH3 is 1. The van der Waals surface area contributed by atoms with E-state index in [1.807, 2.05) is 9.58 Å². The van der Waals surface area contributed by atoms with Crippen LogP contribution in [0.4, 0.5) is 16.0 Å². The van der Waals surface area contributed by atoms with Crippen LogP contribution in [0.15, 0.2) is 47.2 Å². The molecule has 1 aliphatic heterocycles. The number of furan rings is 1. The Labute approximate surface area is 217 Å². The largest absolute Gasteiger partial charge is 0.461 e. The smallest absolute Gasteiger partial charge is 0.225 e. The zero-order valence-corrected chi connectivity index (χ0v) is 20.9. The molecule has 0 bridgehead atoms. The van der Waals surface area contributed by atoms with Gasteiger partial charge in [0.25, 0.3) is 0 Å². The van der Waals surface area contributed by atoms with Gasteiger partial charge in [0.1, 0.15) is 11.9 Å². The Morgan fingerprint density at radius 1 is 1.13 bits per heavy atom. The van der Waals surface area contributed by atoms with E-state index in [1.54, 1.807) is 36.7 Å². The molecule has 1 saturated heterocycles. The van der Waals surface area contributed by atoms with Crippen LogP contribution in [0.3, 0.4) is 0 Å². The molecule has 13 heteroatoms. The van der Waals surface area contributed by atoms with E-state index >= 15 is 0 Å². The molecule has 1 fully saturated rings. The molecule has 1 atom stereocenters. The molecule has 0 radical (unpaired) electrons. The van der Waals surface area contributed by atoms with Crippen molar-refractivity contribution in [3.05, 3.63) is 54.2 Å². The first-order valence-electron chi connectivity index (χ1n) is 12.4. The molecule has 0 spiro atoms. The number of aliphatic hydroxyl groups is 1. The third-order valence-electron chi connectivity index (χ3n) is 6.97. The van der Waals surface area contributed by atoms with E-state index in [1.165, 1.54) is 17.7 Å². The van der Waals surface area contributed by atoms with Gasteiger partial charge in [-0.3, -0.25) is 4.90 Å². The fraction of sp³-hybridized carbons (Fsp3) is 0.360. The molecule has 0 unspecified atom stereocenters. The standard InChI is InChI=1S/C25H28FN9O3/c1-37-21(15-36)16-4-5-19(18(26)13-16)33-9-6-32(7-10-33)8-11-34-23-17(14-28-34)24-29-22(20-3-2-12-38-20)31-35(24)25(27)30-23/h2-5,12-14,21,36H,6-11,15H2,1H3,(H2,27,30)/t21-/m1/s1. The van der Waals surface area contributed by atoms with Crippen molar-refractivity contribution in [1.82, 2.24) is 34.3 Å². The SMILES string of the molecule is CO[C@H](CO)c1ccc(N2CCN(CCn3ncc4c3nc(N)n3nc(-c5ccco5)nc43)CC2)c(F)c1. The maximum absolute atomic E-state index is 14.8. The van der Waals surface area contributed by atoms with Crippen molar-refractivity contribution in [2.75, 3.05) is 57.1 Å². The average molecular weight is 522 g/mol. The fourth-order valence-corrected chi connectivity index (χ4v) is 4.87. The Morgan fingerprint density at radius 2 is 1.97 bits per heavy atom. The molecule has 0 saturated carbocycles. The fourth-order valence-electron chi connectivity index (χ4n) is 4.87. The molecule has 5 heterocycles. The van der Waals surface area contributed by atoms with Crippen LogP contribution in [0.5, 0.6) is 0 Å². The summed E-state index contributed by atoms with van der Waals surface area (Å²) < 4.78 is 28.8. The van der Waals surface area contributed by atoms with E-state index in [0.717, 1.165) is 25.0 Å². The summed E-state index contributed by atoms with van der Waals surface area (Å²) in [7, 11) is 1.50. The first-order valence-corrected chi connectivity index (χ1v) is 12.4. The summed E-state index contributed by atoms with van der Waals surface area (Å²) in [6, 6.07) is 8.57. The number of benzene rings is 1. The van der Waals surface area contributed by atoms with Gasteiger partial charge in [0.15, 0.2) is 17.1 Å². The normalized spacial score (nSPS) is 15.6. The maximum atomic E-state index is 14.8. The summed E-state index contributed by atoms with van der Waals surface area (Å²) in [4.78, 5) is 13.5. The first-order chi connectivity index (χ1) is 18.6. The molecule has 0 amide bonds. The topological polar surface area (TPSA) is 136 Å². The quantitative estimate of drug-likeness (QED) is 0.312. The number of piperazine rings is 1. The van der Waals surface area contributed by atoms with Crippen LogP contribution in [0.2, 0.25) is 0 Å². The monoisotopic (exact) mass is 521 g/mol. The maximum Gasteiger partial charge on any atom is 0.225 e. The van der Waals surface area contributed by atoms with Crippen LogP contribution < -0.4 is 10.6 Å². The van der Waals surface area contributed by atoms with Gasteiger partial charge in [-0.1, -0.05) is 6.07 Å². The number of aromatic nitrogens is 6. The summed E-state index contributed by atoms with van der Waals surface area (Å²) in [6.07, 6.45) is 2.77. The minimum absolute atomic E-state index is 0.197. The van der Waals surface area contributed by atoms with Gasteiger partial charge < -0.3 is 24.9 Å². The number of ether oxygens (including phenoxy) is 1. The molecule has 1 aliphatic rings. The van der Waals surface area contributed by atoms with E-state index in [9.17, 15) is 9.50 Å². The van der Waals surface area contributed by atoms with Crippen molar-refractivity contribution in [3.8, 4) is 11.6 Å². The van der Waals surface area contributed by atoms with Gasteiger partial charge in [-0.05, 0) is 29.8 Å². The van der Waals surface area contributed by atoms with Gasteiger partial charge in [-0.15, -0.1) is 5.10 Å². The van der Waals surface area contributed by atoms with Crippen LogP contribution in [-0.2, 0) is 11.3 Å². The summed E-state index contributed by atoms with van der Waals surface area (Å²) in [5.74, 6) is 0.887. The lowest BCUT2D eigenvalue weighted by Crippen LogP contribution is -2.47. The Morgan fingerprint density at radius 3 is 2.68 bits per heavy atom. The molecule has 0 aliphatic carbocycles. The van der Waals surface area contributed by atoms with E-state index in [4.69, 9.17) is 14.9 Å². The van der Waals surface area contributed by atoms with Crippen LogP contribution >= 0.6 is 0 Å². The van der Waals surface area contributed by atoms with Gasteiger partial charge in [0, 0.05) is 39.8 Å². The van der Waals surface area contributed by atoms with Gasteiger partial charge >= 0.3 is 0 Å². The van der Waals surface area contributed by atoms with Crippen molar-refractivity contribution in [2.45, 2.75) is 12.6 Å². The van der Waals surface area contributed by atoms with E-state index < -0.39 is 6.10 Å². The highest BCUT2D eigenvalue weighted by Crippen LogP contribution is 2.26. The average Bonchev–Trinajstić information content (AvgIpc) is 3.69. The van der Waals surface area contributed by atoms with Crippen molar-refractivity contribution in [3.63, 3.8) is 0 Å². The molecular formula is C25H28FN9O3. The predicted octanol–water partition coefficient (Wildman–Crippen LogP) is 1.96. The Hall–Kier alpha value is -4.07. The number of fused-ring (bicyclic) bond motifs is 3. The zero-order chi connectivity index (χ0) is 26.2. The lowest BCUT2D eigenvalue weighted by Gasteiger charge is -2.36. The molecule has 1 aromatic carbocycles. The molecule has 3 N–H and O–H groups in total. The van der Waals surface area contributed by atoms with Gasteiger partial charge in [0.2, 0.25) is 11.8 Å². The van der Waals surface area contributed by atoms with E-state index in [-0.39, 0.29) is 18.4 Å². The minimum Gasteiger partial charge on any atom is -0.461 e. The Kier molecular flexibility index (Phi) is 6.39. The summed E-state index contributed by atoms with van der Waals surface area (Å²) >= 11 is 0. The third-order valence-corrected chi connectivity index (χ3v) is 6.97. The van der Waals surface area contributed by atoms with E-state index in [2.05, 4.69) is 25.1 Å². The molecule has 12 nitrogen and oxygen atoms in total. The number of aliphatic hydroxyl groups excluding tert-OH is 1. The molecule has 4 aromatic heterocycles. The number of rotatable bonds is 8. The summed E-state index contributed by atoms with van der Waals surface area (Å²) in [5, 5.41) is 19.1. The van der Waals surface area contributed by atoms with Crippen LogP contribution in [0.1, 0.15) is 11.7 Å². The number of anilines is 2. The highest BCUT2D eigenvalue weighted by Gasteiger charge is 2.22. The second kappa shape index (κ2) is 10.0. The molecule has 6 rings (SSSR count). The Bertz CT molecular complexity index is 1550. The molecule has 198 valence electrons. The van der Waals surface area contributed by atoms with Crippen molar-refractivity contribution in [1.29, 1.82) is 0 Å². The van der Waals surface area contributed by atoms with E-state index in [0.29, 0.717) is 53.8 Å². The van der Waals surface area contributed by atoms with Crippen molar-refractivity contribution in [2.24, 2.45) is 0 Å². The lowest BCUT2D eigenvalue weighted by atomic mass is 10.1. The summed E-state index contributed by atoms with van der Waals surface area (Å²) in [5.41, 5.74) is 8.59. The Balaban J connectivity index is 1.12. The number of hydrogen-bond acceptors (Lipinski definition) is 10. The van der Waals surface area contributed by atoms with Gasteiger partial charge in [0.05, 0.1) is 36.7 Å². The zero-order valence-electron chi connectivity index (χ0n) is 20.9. The van der Waals surface area contributed by atoms with Crippen molar-refractivity contribution >= 4 is 28.3 Å². The first kappa shape index (κ1) is 24.3. The minimum atomic E-state index is -0.530. The highest BCUT2D eigenvalue weighted by molar-refractivity contribution is 5.90. The lowest BCUT2D eigenvalue weighted by molar-refractivity contribution is 0.0482. The number of nitrogen functional groups attached to an aromatic ring is 1. The highest BCUT2D eigenvalue weighted by atomic mass is 19.1. The second-order valence-corrected chi connectivity index (χ2v) is 9.17. The molecule has 5 aromatic rings. The van der Waals surface area contributed by atoms with Crippen LogP contribution in [0, 0.1) is 5.82 Å². The number of hydrogen-bond donors (Lipinski definition) is 2. The van der Waals surface area contributed by atoms with Crippen molar-refractivity contribution < 1.29 is 18.7 Å². The number of nitrogens with zero attached hydrogens (tertiary/aromatic N) is 8. The van der Waals surface area contributed by atoms with Gasteiger partial charge in [-0.2, -0.15) is 14.6 Å². The predicted molar refractivity (Wildman–Crippen MR) is 138 cm³/mol. The second-order valence-electron chi connectivity index (χ2n) is 9.17. The third kappa shape index (κ3) is 4.34. The van der Waals surface area contributed by atoms with Crippen LogP contribution in [0.25, 0.3) is 28.3 Å².